The first-order valence-electron chi connectivity index (χ1n) is 7.61. The van der Waals surface area contributed by atoms with E-state index in [-0.39, 0.29) is 17.0 Å². The fraction of sp³-hybridized carbons (Fsp3) is 0.235. The lowest BCUT2D eigenvalue weighted by molar-refractivity contribution is -0.384. The second kappa shape index (κ2) is 8.07. The number of non-ortho nitro benzene ring substituents is 1. The molecule has 0 saturated carbocycles. The molecule has 0 N–H and O–H groups in total. The number of likely N-dealkylation sites (N-methyl/N-ethyl adjacent to an activating group) is 1. The number of nitro benzene ring substituents is 1. The molecule has 26 heavy (non-hydrogen) atoms. The minimum atomic E-state index is -4.05. The molecule has 0 spiro atoms. The van der Waals surface area contributed by atoms with Crippen molar-refractivity contribution in [2.45, 2.75) is 17.4 Å². The van der Waals surface area contributed by atoms with E-state index >= 15 is 0 Å². The van der Waals surface area contributed by atoms with Crippen LogP contribution in [0.2, 0.25) is 0 Å². The molecule has 0 radical (unpaired) electrons. The summed E-state index contributed by atoms with van der Waals surface area (Å²) in [4.78, 5) is 22.1. The highest BCUT2D eigenvalue weighted by Gasteiger charge is 2.34. The highest BCUT2D eigenvalue weighted by molar-refractivity contribution is 7.89. The van der Waals surface area contributed by atoms with E-state index in [0.717, 1.165) is 34.1 Å². The van der Waals surface area contributed by atoms with Crippen molar-refractivity contribution >= 4 is 21.7 Å². The van der Waals surface area contributed by atoms with Crippen molar-refractivity contribution in [2.24, 2.45) is 0 Å². The summed E-state index contributed by atoms with van der Waals surface area (Å²) >= 11 is 0. The summed E-state index contributed by atoms with van der Waals surface area (Å²) in [5, 5.41) is 10.7. The molecule has 0 fully saturated rings. The second-order valence-electron chi connectivity index (χ2n) is 5.50. The number of benzene rings is 2. The summed E-state index contributed by atoms with van der Waals surface area (Å²) in [7, 11) is -1.58. The van der Waals surface area contributed by atoms with Gasteiger partial charge in [-0.25, -0.2) is 8.42 Å². The SMILES string of the molecule is COC(=O)[C@H](Cc1ccccc1)N(C)S(=O)(=O)c1ccc([N+](=O)[O-])cc1. The number of sulfonamides is 1. The standard InChI is InChI=1S/C17H18N2O6S/c1-18(16(17(20)25-2)12-13-6-4-3-5-7-13)26(23,24)15-10-8-14(9-11-15)19(21)22/h3-11,16H,12H2,1-2H3/t16-/m0/s1. The normalized spacial score (nSPS) is 12.6. The van der Waals surface area contributed by atoms with Gasteiger partial charge < -0.3 is 4.74 Å². The number of nitro groups is 1. The van der Waals surface area contributed by atoms with Crippen LogP contribution >= 0.6 is 0 Å². The zero-order chi connectivity index (χ0) is 19.3. The lowest BCUT2D eigenvalue weighted by atomic mass is 10.1. The molecule has 0 amide bonds. The minimum Gasteiger partial charge on any atom is -0.468 e. The first-order chi connectivity index (χ1) is 12.3. The van der Waals surface area contributed by atoms with Crippen LogP contribution in [0, 0.1) is 10.1 Å². The van der Waals surface area contributed by atoms with E-state index in [9.17, 15) is 23.3 Å². The van der Waals surface area contributed by atoms with E-state index in [1.54, 1.807) is 24.3 Å². The lowest BCUT2D eigenvalue weighted by Crippen LogP contribution is -2.44. The van der Waals surface area contributed by atoms with Gasteiger partial charge in [0.25, 0.3) is 5.69 Å². The third-order valence-corrected chi connectivity index (χ3v) is 5.79. The van der Waals surface area contributed by atoms with Crippen LogP contribution in [0.4, 0.5) is 5.69 Å². The molecule has 0 saturated heterocycles. The van der Waals surface area contributed by atoms with E-state index < -0.39 is 27.0 Å². The van der Waals surface area contributed by atoms with E-state index in [1.807, 2.05) is 6.07 Å². The molecule has 2 rings (SSSR count). The van der Waals surface area contributed by atoms with Gasteiger partial charge in [-0.15, -0.1) is 0 Å². The number of carbonyl (C=O) groups is 1. The number of hydrogen-bond donors (Lipinski definition) is 0. The van der Waals surface area contributed by atoms with Gasteiger partial charge in [-0.3, -0.25) is 14.9 Å². The molecule has 9 heteroatoms. The van der Waals surface area contributed by atoms with E-state index in [1.165, 1.54) is 14.2 Å². The molecule has 0 bridgehead atoms. The van der Waals surface area contributed by atoms with Gasteiger partial charge in [-0.05, 0) is 24.1 Å². The van der Waals surface area contributed by atoms with Crippen molar-refractivity contribution in [1.29, 1.82) is 0 Å². The molecule has 1 atom stereocenters. The number of ether oxygens (including phenoxy) is 1. The van der Waals surface area contributed by atoms with Crippen LogP contribution in [0.1, 0.15) is 5.56 Å². The zero-order valence-electron chi connectivity index (χ0n) is 14.2. The molecule has 8 nitrogen and oxygen atoms in total. The maximum atomic E-state index is 12.8. The van der Waals surface area contributed by atoms with Crippen molar-refractivity contribution < 1.29 is 22.9 Å². The van der Waals surface area contributed by atoms with E-state index in [0.29, 0.717) is 0 Å². The van der Waals surface area contributed by atoms with Gasteiger partial charge >= 0.3 is 5.97 Å². The van der Waals surface area contributed by atoms with E-state index in [4.69, 9.17) is 4.74 Å². The number of nitrogens with zero attached hydrogens (tertiary/aromatic N) is 2. The summed E-state index contributed by atoms with van der Waals surface area (Å²) in [6.07, 6.45) is 0.135. The van der Waals surface area contributed by atoms with Gasteiger partial charge in [-0.1, -0.05) is 30.3 Å². The van der Waals surface area contributed by atoms with Crippen LogP contribution in [-0.2, 0) is 26.0 Å². The molecule has 138 valence electrons. The summed E-state index contributed by atoms with van der Waals surface area (Å²) < 4.78 is 31.3. The molecule has 0 heterocycles. The van der Waals surface area contributed by atoms with Gasteiger partial charge in [0, 0.05) is 19.2 Å². The Hall–Kier alpha value is -2.78. The molecule has 0 aliphatic carbocycles. The Morgan fingerprint density at radius 3 is 2.23 bits per heavy atom. The topological polar surface area (TPSA) is 107 Å². The Labute approximate surface area is 151 Å². The molecule has 2 aromatic carbocycles. The largest absolute Gasteiger partial charge is 0.468 e. The summed E-state index contributed by atoms with van der Waals surface area (Å²) in [6, 6.07) is 12.4. The van der Waals surface area contributed by atoms with Crippen LogP contribution < -0.4 is 0 Å². The number of rotatable bonds is 7. The third kappa shape index (κ3) is 4.24. The van der Waals surface area contributed by atoms with Crippen LogP contribution in [0.5, 0.6) is 0 Å². The Morgan fingerprint density at radius 2 is 1.73 bits per heavy atom. The number of esters is 1. The van der Waals surface area contributed by atoms with Gasteiger partial charge in [0.15, 0.2) is 0 Å². The summed E-state index contributed by atoms with van der Waals surface area (Å²) in [6.45, 7) is 0. The lowest BCUT2D eigenvalue weighted by Gasteiger charge is -2.25. The average Bonchev–Trinajstić information content (AvgIpc) is 2.65. The van der Waals surface area contributed by atoms with Crippen LogP contribution in [0.25, 0.3) is 0 Å². The first kappa shape index (κ1) is 19.5. The number of carbonyl (C=O) groups excluding carboxylic acids is 1. The van der Waals surface area contributed by atoms with Crippen molar-refractivity contribution in [3.8, 4) is 0 Å². The zero-order valence-corrected chi connectivity index (χ0v) is 15.0. The Balaban J connectivity index is 2.34. The van der Waals surface area contributed by atoms with Gasteiger partial charge in [0.05, 0.1) is 16.9 Å². The first-order valence-corrected chi connectivity index (χ1v) is 9.05. The second-order valence-corrected chi connectivity index (χ2v) is 7.50. The smallest absolute Gasteiger partial charge is 0.324 e. The van der Waals surface area contributed by atoms with Crippen molar-refractivity contribution in [3.63, 3.8) is 0 Å². The summed E-state index contributed by atoms with van der Waals surface area (Å²) in [5.74, 6) is -0.693. The van der Waals surface area contributed by atoms with Gasteiger partial charge in [0.1, 0.15) is 6.04 Å². The fourth-order valence-electron chi connectivity index (χ4n) is 2.41. The minimum absolute atomic E-state index is 0.135. The Kier molecular flexibility index (Phi) is 6.06. The Morgan fingerprint density at radius 1 is 1.15 bits per heavy atom. The van der Waals surface area contributed by atoms with E-state index in [2.05, 4.69) is 0 Å². The number of hydrogen-bond acceptors (Lipinski definition) is 6. The molecular formula is C17H18N2O6S. The maximum absolute atomic E-state index is 12.8. The molecule has 0 aliphatic heterocycles. The number of methoxy groups -OCH3 is 1. The summed E-state index contributed by atoms with van der Waals surface area (Å²) in [5.41, 5.74) is 0.550. The van der Waals surface area contributed by atoms with Gasteiger partial charge in [-0.2, -0.15) is 4.31 Å². The van der Waals surface area contributed by atoms with Crippen molar-refractivity contribution in [2.75, 3.05) is 14.2 Å². The monoisotopic (exact) mass is 378 g/mol. The van der Waals surface area contributed by atoms with Crippen molar-refractivity contribution in [1.82, 2.24) is 4.31 Å². The third-order valence-electron chi connectivity index (χ3n) is 3.91. The van der Waals surface area contributed by atoms with Crippen LogP contribution in [0.15, 0.2) is 59.5 Å². The van der Waals surface area contributed by atoms with Crippen LogP contribution in [-0.4, -0.2) is 43.8 Å². The quantitative estimate of drug-likeness (QED) is 0.414. The fourth-order valence-corrected chi connectivity index (χ4v) is 3.72. The molecule has 0 aromatic heterocycles. The molecular weight excluding hydrogens is 360 g/mol. The average molecular weight is 378 g/mol. The maximum Gasteiger partial charge on any atom is 0.324 e. The highest BCUT2D eigenvalue weighted by Crippen LogP contribution is 2.22. The van der Waals surface area contributed by atoms with Crippen molar-refractivity contribution in [3.05, 3.63) is 70.3 Å². The van der Waals surface area contributed by atoms with Crippen LogP contribution in [0.3, 0.4) is 0 Å². The predicted octanol–water partition coefficient (Wildman–Crippen LogP) is 2.00. The predicted molar refractivity (Wildman–Crippen MR) is 94.0 cm³/mol. The Bertz CT molecular complexity index is 881. The molecule has 0 unspecified atom stereocenters. The molecule has 2 aromatic rings. The molecule has 0 aliphatic rings. The highest BCUT2D eigenvalue weighted by atomic mass is 32.2. The van der Waals surface area contributed by atoms with Gasteiger partial charge in [0.2, 0.25) is 10.0 Å².